The summed E-state index contributed by atoms with van der Waals surface area (Å²) in [7, 11) is 1.69. The second kappa shape index (κ2) is 5.10. The Bertz CT molecular complexity index is 531. The van der Waals surface area contributed by atoms with Crippen molar-refractivity contribution in [2.75, 3.05) is 13.7 Å². The molecule has 0 bridgehead atoms. The Morgan fingerprint density at radius 1 is 1.47 bits per heavy atom. The van der Waals surface area contributed by atoms with Gasteiger partial charge in [-0.2, -0.15) is 0 Å². The first-order chi connectivity index (χ1) is 8.26. The highest BCUT2D eigenvalue weighted by Gasteiger charge is 2.08. The minimum atomic E-state index is 0.699. The van der Waals surface area contributed by atoms with E-state index in [1.807, 2.05) is 29.8 Å². The van der Waals surface area contributed by atoms with E-state index in [0.29, 0.717) is 12.2 Å². The van der Waals surface area contributed by atoms with Crippen molar-refractivity contribution in [2.45, 2.75) is 19.9 Å². The fourth-order valence-electron chi connectivity index (χ4n) is 1.93. The second-order valence-corrected chi connectivity index (χ2v) is 4.07. The largest absolute Gasteiger partial charge is 0.385 e. The molecule has 4 heteroatoms. The van der Waals surface area contributed by atoms with Crippen molar-refractivity contribution in [3.05, 3.63) is 29.6 Å². The Labute approximate surface area is 100 Å². The highest BCUT2D eigenvalue weighted by atomic mass is 16.5. The van der Waals surface area contributed by atoms with E-state index in [1.54, 1.807) is 7.11 Å². The number of pyridine rings is 1. The standard InChI is InChI=1S/C13H16N2O2/c1-10-4-5-12-11(9-16)8-15(13(12)14-10)6-3-7-17-2/h4-5,8-9H,3,6-7H2,1-2H3. The number of carbonyl (C=O) groups excluding carboxylic acids is 1. The van der Waals surface area contributed by atoms with E-state index in [0.717, 1.165) is 36.0 Å². The number of aldehydes is 1. The molecule has 0 aliphatic heterocycles. The number of aromatic nitrogens is 2. The van der Waals surface area contributed by atoms with Crippen LogP contribution in [0.1, 0.15) is 22.5 Å². The fourth-order valence-corrected chi connectivity index (χ4v) is 1.93. The number of carbonyl (C=O) groups is 1. The molecular weight excluding hydrogens is 216 g/mol. The molecule has 0 unspecified atom stereocenters. The third-order valence-corrected chi connectivity index (χ3v) is 2.77. The minimum Gasteiger partial charge on any atom is -0.385 e. The first-order valence-electron chi connectivity index (χ1n) is 5.67. The van der Waals surface area contributed by atoms with Crippen LogP contribution in [0.2, 0.25) is 0 Å². The third kappa shape index (κ3) is 2.36. The molecule has 0 amide bonds. The van der Waals surface area contributed by atoms with Crippen molar-refractivity contribution in [3.8, 4) is 0 Å². The number of fused-ring (bicyclic) bond motifs is 1. The summed E-state index contributed by atoms with van der Waals surface area (Å²) in [6, 6.07) is 3.88. The Hall–Kier alpha value is -1.68. The van der Waals surface area contributed by atoms with Crippen LogP contribution in [0.4, 0.5) is 0 Å². The van der Waals surface area contributed by atoms with Gasteiger partial charge in [0, 0.05) is 43.1 Å². The lowest BCUT2D eigenvalue weighted by Crippen LogP contribution is -2.01. The zero-order valence-electron chi connectivity index (χ0n) is 10.1. The zero-order valence-corrected chi connectivity index (χ0v) is 10.1. The van der Waals surface area contributed by atoms with Gasteiger partial charge in [-0.3, -0.25) is 4.79 Å². The predicted octanol–water partition coefficient (Wildman–Crippen LogP) is 2.19. The van der Waals surface area contributed by atoms with E-state index >= 15 is 0 Å². The highest BCUT2D eigenvalue weighted by molar-refractivity contribution is 5.96. The maximum absolute atomic E-state index is 11.0. The van der Waals surface area contributed by atoms with Crippen LogP contribution in [0.25, 0.3) is 11.0 Å². The summed E-state index contributed by atoms with van der Waals surface area (Å²) in [5, 5.41) is 0.919. The molecule has 90 valence electrons. The van der Waals surface area contributed by atoms with Crippen molar-refractivity contribution in [2.24, 2.45) is 0 Å². The molecule has 4 nitrogen and oxygen atoms in total. The van der Waals surface area contributed by atoms with E-state index in [4.69, 9.17) is 4.74 Å². The molecule has 2 heterocycles. The molecule has 17 heavy (non-hydrogen) atoms. The maximum atomic E-state index is 11.0. The average molecular weight is 232 g/mol. The van der Waals surface area contributed by atoms with Crippen molar-refractivity contribution in [3.63, 3.8) is 0 Å². The molecule has 0 spiro atoms. The summed E-state index contributed by atoms with van der Waals surface area (Å²) < 4.78 is 7.05. The van der Waals surface area contributed by atoms with Crippen LogP contribution in [0.15, 0.2) is 18.3 Å². The van der Waals surface area contributed by atoms with Crippen LogP contribution < -0.4 is 0 Å². The molecule has 2 aromatic rings. The van der Waals surface area contributed by atoms with E-state index < -0.39 is 0 Å². The van der Waals surface area contributed by atoms with E-state index in [2.05, 4.69) is 4.98 Å². The molecule has 0 N–H and O–H groups in total. The van der Waals surface area contributed by atoms with E-state index in [9.17, 15) is 4.79 Å². The molecule has 0 saturated carbocycles. The number of aryl methyl sites for hydroxylation is 2. The summed E-state index contributed by atoms with van der Waals surface area (Å²) in [4.78, 5) is 15.5. The number of rotatable bonds is 5. The quantitative estimate of drug-likeness (QED) is 0.586. The fraction of sp³-hybridized carbons (Fsp3) is 0.385. The maximum Gasteiger partial charge on any atom is 0.152 e. The molecule has 0 aliphatic rings. The van der Waals surface area contributed by atoms with Gasteiger partial charge in [0.05, 0.1) is 0 Å². The van der Waals surface area contributed by atoms with Gasteiger partial charge in [-0.05, 0) is 25.5 Å². The predicted molar refractivity (Wildman–Crippen MR) is 66.4 cm³/mol. The van der Waals surface area contributed by atoms with Crippen LogP contribution in [-0.4, -0.2) is 29.6 Å². The van der Waals surface area contributed by atoms with Gasteiger partial charge in [-0.25, -0.2) is 4.98 Å². The summed E-state index contributed by atoms with van der Waals surface area (Å²) in [5.74, 6) is 0. The first kappa shape index (κ1) is 11.8. The van der Waals surface area contributed by atoms with Gasteiger partial charge < -0.3 is 9.30 Å². The molecule has 0 fully saturated rings. The topological polar surface area (TPSA) is 44.1 Å². The lowest BCUT2D eigenvalue weighted by molar-refractivity contribution is 0.112. The minimum absolute atomic E-state index is 0.699. The Morgan fingerprint density at radius 3 is 3.00 bits per heavy atom. The Kier molecular flexibility index (Phi) is 3.54. The summed E-state index contributed by atoms with van der Waals surface area (Å²) in [6.45, 7) is 3.48. The zero-order chi connectivity index (χ0) is 12.3. The molecule has 0 radical (unpaired) electrons. The monoisotopic (exact) mass is 232 g/mol. The van der Waals surface area contributed by atoms with Crippen molar-refractivity contribution >= 4 is 17.3 Å². The average Bonchev–Trinajstić information content (AvgIpc) is 2.67. The molecular formula is C13H16N2O2. The van der Waals surface area contributed by atoms with Gasteiger partial charge in [0.25, 0.3) is 0 Å². The molecule has 2 aromatic heterocycles. The van der Waals surface area contributed by atoms with Crippen LogP contribution in [0.3, 0.4) is 0 Å². The van der Waals surface area contributed by atoms with Gasteiger partial charge in [0.2, 0.25) is 0 Å². The van der Waals surface area contributed by atoms with Crippen LogP contribution in [0.5, 0.6) is 0 Å². The molecule has 0 saturated heterocycles. The van der Waals surface area contributed by atoms with Crippen LogP contribution in [-0.2, 0) is 11.3 Å². The van der Waals surface area contributed by atoms with E-state index in [-0.39, 0.29) is 0 Å². The molecule has 0 aliphatic carbocycles. The number of nitrogens with zero attached hydrogens (tertiary/aromatic N) is 2. The molecule has 0 atom stereocenters. The number of ether oxygens (including phenoxy) is 1. The van der Waals surface area contributed by atoms with Gasteiger partial charge in [0.1, 0.15) is 5.65 Å². The van der Waals surface area contributed by atoms with Crippen molar-refractivity contribution in [1.29, 1.82) is 0 Å². The second-order valence-electron chi connectivity index (χ2n) is 4.07. The van der Waals surface area contributed by atoms with Crippen LogP contribution in [0, 0.1) is 6.92 Å². The van der Waals surface area contributed by atoms with Crippen LogP contribution >= 0.6 is 0 Å². The van der Waals surface area contributed by atoms with Gasteiger partial charge in [-0.1, -0.05) is 0 Å². The number of methoxy groups -OCH3 is 1. The van der Waals surface area contributed by atoms with Gasteiger partial charge >= 0.3 is 0 Å². The van der Waals surface area contributed by atoms with Gasteiger partial charge in [-0.15, -0.1) is 0 Å². The van der Waals surface area contributed by atoms with Gasteiger partial charge in [0.15, 0.2) is 6.29 Å². The number of hydrogen-bond acceptors (Lipinski definition) is 3. The summed E-state index contributed by atoms with van der Waals surface area (Å²) in [6.07, 6.45) is 3.65. The lowest BCUT2D eigenvalue weighted by Gasteiger charge is -2.04. The summed E-state index contributed by atoms with van der Waals surface area (Å²) >= 11 is 0. The lowest BCUT2D eigenvalue weighted by atomic mass is 10.2. The normalized spacial score (nSPS) is 10.9. The number of hydrogen-bond donors (Lipinski definition) is 0. The smallest absolute Gasteiger partial charge is 0.152 e. The molecule has 2 rings (SSSR count). The van der Waals surface area contributed by atoms with E-state index in [1.165, 1.54) is 0 Å². The van der Waals surface area contributed by atoms with Crippen molar-refractivity contribution < 1.29 is 9.53 Å². The Balaban J connectivity index is 2.40. The molecule has 0 aromatic carbocycles. The Morgan fingerprint density at radius 2 is 2.29 bits per heavy atom. The SMILES string of the molecule is COCCCn1cc(C=O)c2ccc(C)nc21. The third-order valence-electron chi connectivity index (χ3n) is 2.77. The van der Waals surface area contributed by atoms with Crippen molar-refractivity contribution in [1.82, 2.24) is 9.55 Å². The first-order valence-corrected chi connectivity index (χ1v) is 5.67. The summed E-state index contributed by atoms with van der Waals surface area (Å²) in [5.41, 5.74) is 2.54. The highest BCUT2D eigenvalue weighted by Crippen LogP contribution is 2.19.